The summed E-state index contributed by atoms with van der Waals surface area (Å²) in [4.78, 5) is 0.109. The van der Waals surface area contributed by atoms with Gasteiger partial charge in [-0.2, -0.15) is 0 Å². The number of hydrogen-bond acceptors (Lipinski definition) is 4. The summed E-state index contributed by atoms with van der Waals surface area (Å²) in [7, 11) is -3.70. The Hall–Kier alpha value is -1.89. The maximum atomic E-state index is 11.4. The second-order valence-electron chi connectivity index (χ2n) is 5.53. The van der Waals surface area contributed by atoms with E-state index in [0.717, 1.165) is 42.9 Å². The molecule has 5 nitrogen and oxygen atoms in total. The van der Waals surface area contributed by atoms with Crippen LogP contribution in [0.2, 0.25) is 0 Å². The van der Waals surface area contributed by atoms with Crippen LogP contribution in [-0.4, -0.2) is 27.7 Å². The molecule has 0 atom stereocenters. The molecule has 0 radical (unpaired) electrons. The van der Waals surface area contributed by atoms with Crippen LogP contribution in [0.25, 0.3) is 11.1 Å². The minimum Gasteiger partial charge on any atom is -0.490 e. The quantitative estimate of drug-likeness (QED) is 0.932. The molecule has 1 aliphatic heterocycles. The van der Waals surface area contributed by atoms with Gasteiger partial charge in [-0.05, 0) is 35.4 Å². The maximum Gasteiger partial charge on any atom is 0.238 e. The van der Waals surface area contributed by atoms with Gasteiger partial charge in [-0.15, -0.1) is 0 Å². The Balaban J connectivity index is 1.77. The third kappa shape index (κ3) is 4.10. The van der Waals surface area contributed by atoms with E-state index in [2.05, 4.69) is 0 Å². The van der Waals surface area contributed by atoms with Gasteiger partial charge in [0.05, 0.1) is 18.1 Å². The summed E-state index contributed by atoms with van der Waals surface area (Å²) >= 11 is 0. The first kappa shape index (κ1) is 16.0. The number of benzene rings is 2. The van der Waals surface area contributed by atoms with Gasteiger partial charge >= 0.3 is 0 Å². The average Bonchev–Trinajstić information content (AvgIpc) is 2.56. The molecule has 6 heteroatoms. The standard InChI is InChI=1S/C17H19NO4S/c18-23(19,20)17-3-1-2-14(12-17)13-4-6-15(7-5-13)22-16-8-10-21-11-9-16/h1-7,12,16H,8-11H2,(H2,18,19,20). The van der Waals surface area contributed by atoms with E-state index in [1.807, 2.05) is 30.3 Å². The van der Waals surface area contributed by atoms with Crippen LogP contribution in [0.15, 0.2) is 53.4 Å². The molecule has 2 aromatic carbocycles. The summed E-state index contributed by atoms with van der Waals surface area (Å²) in [6.45, 7) is 1.48. The van der Waals surface area contributed by atoms with Crippen LogP contribution in [-0.2, 0) is 14.8 Å². The predicted octanol–water partition coefficient (Wildman–Crippen LogP) is 2.56. The fraction of sp³-hybridized carbons (Fsp3) is 0.294. The highest BCUT2D eigenvalue weighted by Gasteiger charge is 2.15. The van der Waals surface area contributed by atoms with Gasteiger partial charge in [-0.1, -0.05) is 24.3 Å². The lowest BCUT2D eigenvalue weighted by Crippen LogP contribution is -2.25. The van der Waals surface area contributed by atoms with Gasteiger partial charge in [0.15, 0.2) is 0 Å². The van der Waals surface area contributed by atoms with Crippen molar-refractivity contribution in [2.75, 3.05) is 13.2 Å². The van der Waals surface area contributed by atoms with Crippen molar-refractivity contribution in [3.63, 3.8) is 0 Å². The molecule has 0 amide bonds. The molecule has 1 heterocycles. The average molecular weight is 333 g/mol. The Morgan fingerprint density at radius 2 is 1.70 bits per heavy atom. The van der Waals surface area contributed by atoms with Crippen LogP contribution in [0.1, 0.15) is 12.8 Å². The zero-order valence-corrected chi connectivity index (χ0v) is 13.5. The van der Waals surface area contributed by atoms with E-state index < -0.39 is 10.0 Å². The van der Waals surface area contributed by atoms with Gasteiger partial charge < -0.3 is 9.47 Å². The molecule has 0 spiro atoms. The smallest absolute Gasteiger partial charge is 0.238 e. The zero-order valence-electron chi connectivity index (χ0n) is 12.6. The monoisotopic (exact) mass is 333 g/mol. The fourth-order valence-corrected chi connectivity index (χ4v) is 3.12. The third-order valence-corrected chi connectivity index (χ3v) is 4.73. The normalized spacial score (nSPS) is 16.2. The van der Waals surface area contributed by atoms with Crippen molar-refractivity contribution < 1.29 is 17.9 Å². The molecule has 1 fully saturated rings. The van der Waals surface area contributed by atoms with E-state index in [4.69, 9.17) is 14.6 Å². The third-order valence-electron chi connectivity index (χ3n) is 3.82. The van der Waals surface area contributed by atoms with Crippen LogP contribution in [0.3, 0.4) is 0 Å². The predicted molar refractivity (Wildman–Crippen MR) is 87.7 cm³/mol. The molecule has 2 N–H and O–H groups in total. The lowest BCUT2D eigenvalue weighted by Gasteiger charge is -2.23. The molecule has 0 aromatic heterocycles. The second kappa shape index (κ2) is 6.70. The van der Waals surface area contributed by atoms with Gasteiger partial charge in [-0.25, -0.2) is 13.6 Å². The number of primary sulfonamides is 1. The molecule has 23 heavy (non-hydrogen) atoms. The Bertz CT molecular complexity index is 765. The molecule has 122 valence electrons. The zero-order chi connectivity index (χ0) is 16.3. The van der Waals surface area contributed by atoms with E-state index in [0.29, 0.717) is 0 Å². The van der Waals surface area contributed by atoms with Crippen LogP contribution in [0, 0.1) is 0 Å². The summed E-state index contributed by atoms with van der Waals surface area (Å²) < 4.78 is 34.1. The SMILES string of the molecule is NS(=O)(=O)c1cccc(-c2ccc(OC3CCOCC3)cc2)c1. The lowest BCUT2D eigenvalue weighted by molar-refractivity contribution is 0.0256. The Labute approximate surface area is 136 Å². The van der Waals surface area contributed by atoms with E-state index >= 15 is 0 Å². The molecule has 0 aliphatic carbocycles. The minimum absolute atomic E-state index is 0.109. The number of ether oxygens (including phenoxy) is 2. The van der Waals surface area contributed by atoms with Crippen LogP contribution in [0.4, 0.5) is 0 Å². The van der Waals surface area contributed by atoms with Gasteiger partial charge in [-0.3, -0.25) is 0 Å². The largest absolute Gasteiger partial charge is 0.490 e. The Kier molecular flexibility index (Phi) is 4.66. The van der Waals surface area contributed by atoms with Gasteiger partial charge in [0.25, 0.3) is 0 Å². The Morgan fingerprint density at radius 3 is 2.35 bits per heavy atom. The molecule has 0 bridgehead atoms. The fourth-order valence-electron chi connectivity index (χ4n) is 2.56. The van der Waals surface area contributed by atoms with E-state index in [-0.39, 0.29) is 11.0 Å². The van der Waals surface area contributed by atoms with E-state index in [1.54, 1.807) is 12.1 Å². The summed E-state index contributed by atoms with van der Waals surface area (Å²) in [6, 6.07) is 14.2. The maximum absolute atomic E-state index is 11.4. The molecule has 3 rings (SSSR count). The van der Waals surface area contributed by atoms with Crippen molar-refractivity contribution in [2.24, 2.45) is 5.14 Å². The van der Waals surface area contributed by atoms with E-state index in [1.165, 1.54) is 6.07 Å². The van der Waals surface area contributed by atoms with Crippen LogP contribution < -0.4 is 9.88 Å². The topological polar surface area (TPSA) is 78.6 Å². The van der Waals surface area contributed by atoms with Crippen molar-refractivity contribution >= 4 is 10.0 Å². The molecule has 0 unspecified atom stereocenters. The molecule has 1 saturated heterocycles. The van der Waals surface area contributed by atoms with Gasteiger partial charge in [0, 0.05) is 12.8 Å². The molecular weight excluding hydrogens is 314 g/mol. The summed E-state index contributed by atoms with van der Waals surface area (Å²) in [5.74, 6) is 0.809. The molecule has 0 saturated carbocycles. The van der Waals surface area contributed by atoms with E-state index in [9.17, 15) is 8.42 Å². The number of nitrogens with two attached hydrogens (primary N) is 1. The number of sulfonamides is 1. The number of hydrogen-bond donors (Lipinski definition) is 1. The van der Waals surface area contributed by atoms with Crippen molar-refractivity contribution in [1.82, 2.24) is 0 Å². The highest BCUT2D eigenvalue weighted by Crippen LogP contribution is 2.25. The molecular formula is C17H19NO4S. The van der Waals surface area contributed by atoms with Crippen molar-refractivity contribution in [3.8, 4) is 16.9 Å². The van der Waals surface area contributed by atoms with Crippen molar-refractivity contribution in [1.29, 1.82) is 0 Å². The van der Waals surface area contributed by atoms with Crippen molar-refractivity contribution in [2.45, 2.75) is 23.8 Å². The highest BCUT2D eigenvalue weighted by molar-refractivity contribution is 7.89. The first-order chi connectivity index (χ1) is 11.0. The minimum atomic E-state index is -3.70. The van der Waals surface area contributed by atoms with Crippen molar-refractivity contribution in [3.05, 3.63) is 48.5 Å². The summed E-state index contributed by atoms with van der Waals surface area (Å²) in [5.41, 5.74) is 1.71. The number of rotatable bonds is 4. The summed E-state index contributed by atoms with van der Waals surface area (Å²) in [6.07, 6.45) is 2.00. The highest BCUT2D eigenvalue weighted by atomic mass is 32.2. The first-order valence-corrected chi connectivity index (χ1v) is 9.05. The van der Waals surface area contributed by atoms with Gasteiger partial charge in [0.2, 0.25) is 10.0 Å². The van der Waals surface area contributed by atoms with Crippen LogP contribution in [0.5, 0.6) is 5.75 Å². The molecule has 1 aliphatic rings. The second-order valence-corrected chi connectivity index (χ2v) is 7.09. The lowest BCUT2D eigenvalue weighted by atomic mass is 10.1. The Morgan fingerprint density at radius 1 is 1.00 bits per heavy atom. The van der Waals surface area contributed by atoms with Crippen LogP contribution >= 0.6 is 0 Å². The van der Waals surface area contributed by atoms with Gasteiger partial charge in [0.1, 0.15) is 11.9 Å². The summed E-state index contributed by atoms with van der Waals surface area (Å²) in [5, 5.41) is 5.17. The first-order valence-electron chi connectivity index (χ1n) is 7.50. The molecule has 2 aromatic rings.